The van der Waals surface area contributed by atoms with Crippen molar-refractivity contribution in [2.45, 2.75) is 31.9 Å². The highest BCUT2D eigenvalue weighted by atomic mass is 35.5. The van der Waals surface area contributed by atoms with Crippen LogP contribution in [0.5, 0.6) is 5.75 Å². The van der Waals surface area contributed by atoms with Crippen molar-refractivity contribution in [3.63, 3.8) is 0 Å². The van der Waals surface area contributed by atoms with E-state index < -0.39 is 11.9 Å². The molecule has 3 aromatic rings. The van der Waals surface area contributed by atoms with Gasteiger partial charge in [-0.25, -0.2) is 9.37 Å². The Labute approximate surface area is 213 Å². The van der Waals surface area contributed by atoms with Crippen LogP contribution in [0, 0.1) is 5.82 Å². The lowest BCUT2D eigenvalue weighted by Gasteiger charge is -2.32. The van der Waals surface area contributed by atoms with E-state index in [-0.39, 0.29) is 22.8 Å². The predicted molar refractivity (Wildman–Crippen MR) is 134 cm³/mol. The molecule has 2 aromatic heterocycles. The zero-order valence-corrected chi connectivity index (χ0v) is 21.0. The smallest absolute Gasteiger partial charge is 0.236 e. The minimum Gasteiger partial charge on any atom is -0.482 e. The minimum atomic E-state index is -0.663. The number of halogens is 3. The number of hydrogen-bond acceptors (Lipinski definition) is 6. The highest BCUT2D eigenvalue weighted by Gasteiger charge is 2.24. The summed E-state index contributed by atoms with van der Waals surface area (Å²) < 4.78 is 21.9. The third-order valence-corrected chi connectivity index (χ3v) is 6.84. The summed E-state index contributed by atoms with van der Waals surface area (Å²) in [6, 6.07) is 4.61. The third kappa shape index (κ3) is 5.52. The normalized spacial score (nSPS) is 15.3. The summed E-state index contributed by atoms with van der Waals surface area (Å²) in [5, 5.41) is 7.65. The van der Waals surface area contributed by atoms with Gasteiger partial charge >= 0.3 is 0 Å². The maximum absolute atomic E-state index is 14.0. The number of aromatic nitrogens is 3. The summed E-state index contributed by atoms with van der Waals surface area (Å²) in [6.07, 6.45) is 6.36. The summed E-state index contributed by atoms with van der Waals surface area (Å²) in [4.78, 5) is 18.2. The first-order chi connectivity index (χ1) is 16.8. The van der Waals surface area contributed by atoms with Crippen molar-refractivity contribution in [1.82, 2.24) is 25.0 Å². The number of anilines is 1. The topological polar surface area (TPSA) is 98.3 Å². The van der Waals surface area contributed by atoms with Crippen LogP contribution in [0.3, 0.4) is 0 Å². The summed E-state index contributed by atoms with van der Waals surface area (Å²) in [5.41, 5.74) is 8.01. The predicted octanol–water partition coefficient (Wildman–Crippen LogP) is 4.50. The van der Waals surface area contributed by atoms with Gasteiger partial charge in [0.15, 0.2) is 11.6 Å². The van der Waals surface area contributed by atoms with Crippen LogP contribution in [0.15, 0.2) is 36.8 Å². The van der Waals surface area contributed by atoms with E-state index in [9.17, 15) is 9.18 Å². The summed E-state index contributed by atoms with van der Waals surface area (Å²) in [7, 11) is 1.77. The van der Waals surface area contributed by atoms with E-state index in [1.54, 1.807) is 32.4 Å². The van der Waals surface area contributed by atoms with Crippen molar-refractivity contribution in [1.29, 1.82) is 0 Å². The molecule has 1 aliphatic heterocycles. The molecule has 35 heavy (non-hydrogen) atoms. The first kappa shape index (κ1) is 25.2. The van der Waals surface area contributed by atoms with Crippen molar-refractivity contribution in [2.75, 3.05) is 32.4 Å². The third-order valence-electron chi connectivity index (χ3n) is 6.13. The number of nitrogens with two attached hydrogens (primary N) is 1. The lowest BCUT2D eigenvalue weighted by molar-refractivity contribution is -0.131. The Morgan fingerprint density at radius 2 is 2.03 bits per heavy atom. The number of hydrogen-bond donors (Lipinski definition) is 2. The van der Waals surface area contributed by atoms with Gasteiger partial charge in [-0.3, -0.25) is 9.48 Å². The molecule has 0 radical (unpaired) electrons. The van der Waals surface area contributed by atoms with Gasteiger partial charge in [0, 0.05) is 47.2 Å². The molecular formula is C24H27Cl2FN6O2. The fourth-order valence-corrected chi connectivity index (χ4v) is 4.88. The number of nitrogen functional groups attached to an aromatic ring is 1. The number of carbonyl (C=O) groups excluding carboxylic acids is 1. The Kier molecular flexibility index (Phi) is 7.78. The number of likely N-dealkylation sites (N-methyl/N-ethyl adjacent to an activating group) is 1. The molecule has 0 aliphatic carbocycles. The molecule has 1 aromatic carbocycles. The molecule has 1 aliphatic rings. The lowest BCUT2D eigenvalue weighted by atomic mass is 10.1. The lowest BCUT2D eigenvalue weighted by Crippen LogP contribution is -2.42. The van der Waals surface area contributed by atoms with Gasteiger partial charge < -0.3 is 20.7 Å². The van der Waals surface area contributed by atoms with Crippen molar-refractivity contribution in [2.24, 2.45) is 0 Å². The fourth-order valence-electron chi connectivity index (χ4n) is 4.20. The molecule has 186 valence electrons. The average molecular weight is 521 g/mol. The number of benzene rings is 1. The first-order valence-electron chi connectivity index (χ1n) is 11.3. The SMILES string of the molecule is CNCC(=O)N1CCC(n2cc(-c3cnc(N)c(OC(C)c4c(Cl)ccc(F)c4Cl)c3)cn2)CC1. The molecule has 1 unspecified atom stereocenters. The van der Waals surface area contributed by atoms with Crippen molar-refractivity contribution >= 4 is 34.9 Å². The molecule has 1 amide bonds. The molecule has 3 N–H and O–H groups in total. The second-order valence-electron chi connectivity index (χ2n) is 8.48. The number of nitrogens with zero attached hydrogens (tertiary/aromatic N) is 4. The van der Waals surface area contributed by atoms with Crippen LogP contribution in [0.1, 0.15) is 37.5 Å². The van der Waals surface area contributed by atoms with Crippen LogP contribution >= 0.6 is 23.2 Å². The van der Waals surface area contributed by atoms with Gasteiger partial charge in [-0.1, -0.05) is 23.2 Å². The Hall–Kier alpha value is -2.88. The Morgan fingerprint density at radius 1 is 1.29 bits per heavy atom. The van der Waals surface area contributed by atoms with Crippen molar-refractivity contribution in [3.05, 3.63) is 58.2 Å². The van der Waals surface area contributed by atoms with E-state index in [2.05, 4.69) is 15.4 Å². The number of carbonyl (C=O) groups is 1. The van der Waals surface area contributed by atoms with Crippen LogP contribution in [-0.2, 0) is 4.79 Å². The Balaban J connectivity index is 1.48. The average Bonchev–Trinajstić information content (AvgIpc) is 3.34. The number of piperidine rings is 1. The second kappa shape index (κ2) is 10.8. The maximum Gasteiger partial charge on any atom is 0.236 e. The van der Waals surface area contributed by atoms with Gasteiger partial charge in [-0.2, -0.15) is 5.10 Å². The Bertz CT molecular complexity index is 1210. The van der Waals surface area contributed by atoms with Crippen LogP contribution < -0.4 is 15.8 Å². The van der Waals surface area contributed by atoms with E-state index >= 15 is 0 Å². The van der Waals surface area contributed by atoms with Gasteiger partial charge in [0.25, 0.3) is 0 Å². The number of amides is 1. The molecule has 4 rings (SSSR count). The molecule has 1 fully saturated rings. The zero-order chi connectivity index (χ0) is 25.1. The van der Waals surface area contributed by atoms with Crippen LogP contribution in [0.4, 0.5) is 10.2 Å². The molecule has 0 spiro atoms. The van der Waals surface area contributed by atoms with Gasteiger partial charge in [0.05, 0.1) is 23.8 Å². The number of likely N-dealkylation sites (tertiary alicyclic amines) is 1. The number of rotatable bonds is 7. The van der Waals surface area contributed by atoms with E-state index in [1.165, 1.54) is 12.1 Å². The number of pyridine rings is 1. The van der Waals surface area contributed by atoms with Gasteiger partial charge in [0.1, 0.15) is 11.9 Å². The summed E-state index contributed by atoms with van der Waals surface area (Å²) in [5.74, 6) is 0.0550. The van der Waals surface area contributed by atoms with Gasteiger partial charge in [-0.05, 0) is 45.0 Å². The minimum absolute atomic E-state index is 0.0901. The standard InChI is InChI=1S/C24H27Cl2FN6O2/c1-14(22-18(25)3-4-19(27)23(22)26)35-20-9-15(10-30-24(20)28)16-11-31-33(13-16)17-5-7-32(8-6-17)21(34)12-29-2/h3-4,9-11,13-14,17,29H,5-8,12H2,1-2H3,(H2,28,30). The molecule has 0 saturated carbocycles. The summed E-state index contributed by atoms with van der Waals surface area (Å²) >= 11 is 12.4. The maximum atomic E-state index is 14.0. The quantitative estimate of drug-likeness (QED) is 0.445. The van der Waals surface area contributed by atoms with Crippen LogP contribution in [0.25, 0.3) is 11.1 Å². The van der Waals surface area contributed by atoms with Crippen molar-refractivity contribution in [3.8, 4) is 16.9 Å². The molecule has 11 heteroatoms. The molecule has 1 atom stereocenters. The second-order valence-corrected chi connectivity index (χ2v) is 9.26. The fraction of sp³-hybridized carbons (Fsp3) is 0.375. The van der Waals surface area contributed by atoms with E-state index in [0.717, 1.165) is 24.0 Å². The summed E-state index contributed by atoms with van der Waals surface area (Å²) in [6.45, 7) is 3.46. The van der Waals surface area contributed by atoms with E-state index in [4.69, 9.17) is 33.7 Å². The highest BCUT2D eigenvalue weighted by molar-refractivity contribution is 6.36. The molecule has 3 heterocycles. The van der Waals surface area contributed by atoms with Crippen molar-refractivity contribution < 1.29 is 13.9 Å². The van der Waals surface area contributed by atoms with Gasteiger partial charge in [0.2, 0.25) is 5.91 Å². The monoisotopic (exact) mass is 520 g/mol. The van der Waals surface area contributed by atoms with E-state index in [1.807, 2.05) is 15.8 Å². The largest absolute Gasteiger partial charge is 0.482 e. The molecule has 8 nitrogen and oxygen atoms in total. The molecule has 0 bridgehead atoms. The molecule has 1 saturated heterocycles. The Morgan fingerprint density at radius 3 is 2.74 bits per heavy atom. The van der Waals surface area contributed by atoms with Gasteiger partial charge in [-0.15, -0.1) is 0 Å². The zero-order valence-electron chi connectivity index (χ0n) is 19.5. The first-order valence-corrected chi connectivity index (χ1v) is 12.1. The number of ether oxygens (including phenoxy) is 1. The van der Waals surface area contributed by atoms with Crippen LogP contribution in [-0.4, -0.2) is 52.3 Å². The molecular weight excluding hydrogens is 494 g/mol. The number of nitrogens with one attached hydrogen (secondary N) is 1. The van der Waals surface area contributed by atoms with E-state index in [0.29, 0.717) is 36.0 Å². The van der Waals surface area contributed by atoms with Crippen LogP contribution in [0.2, 0.25) is 10.0 Å². The highest BCUT2D eigenvalue weighted by Crippen LogP contribution is 2.37.